The van der Waals surface area contributed by atoms with E-state index in [1.807, 2.05) is 30.3 Å². The van der Waals surface area contributed by atoms with Crippen molar-refractivity contribution >= 4 is 23.9 Å². The van der Waals surface area contributed by atoms with Crippen LogP contribution in [0.3, 0.4) is 0 Å². The molecule has 152 valence electrons. The topological polar surface area (TPSA) is 114 Å². The van der Waals surface area contributed by atoms with Gasteiger partial charge in [-0.05, 0) is 29.3 Å². The van der Waals surface area contributed by atoms with Crippen LogP contribution in [0.2, 0.25) is 0 Å². The molecular weight excluding hydrogens is 388 g/mol. The number of hydrogen-bond donors (Lipinski definition) is 1. The number of hydrazine groups is 1. The molecule has 28 heavy (non-hydrogen) atoms. The molecule has 1 N–H and O–H groups in total. The maximum absolute atomic E-state index is 12.3. The molecule has 2 rings (SSSR count). The summed E-state index contributed by atoms with van der Waals surface area (Å²) in [7, 11) is 0. The summed E-state index contributed by atoms with van der Waals surface area (Å²) in [6.45, 7) is 4.16. The fourth-order valence-corrected chi connectivity index (χ4v) is 3.63. The zero-order chi connectivity index (χ0) is 20.5. The molecule has 2 amide bonds. The van der Waals surface area contributed by atoms with E-state index in [2.05, 4.69) is 5.43 Å². The molecule has 0 aliphatic carbocycles. The molecule has 1 aromatic carbocycles. The Hall–Kier alpha value is -2.95. The number of amides is 2. The van der Waals surface area contributed by atoms with Crippen LogP contribution in [0.25, 0.3) is 0 Å². The number of nitro groups is 1. The minimum Gasteiger partial charge on any atom is -0.448 e. The van der Waals surface area contributed by atoms with Crippen molar-refractivity contribution in [2.24, 2.45) is 0 Å². The summed E-state index contributed by atoms with van der Waals surface area (Å²) in [6, 6.07) is 9.46. The summed E-state index contributed by atoms with van der Waals surface area (Å²) in [4.78, 5) is 37.1. The summed E-state index contributed by atoms with van der Waals surface area (Å²) in [5.74, 6) is 0.0280. The molecule has 0 unspecified atom stereocenters. The Bertz CT molecular complexity index is 742. The Morgan fingerprint density at radius 1 is 1.25 bits per heavy atom. The number of hydrogen-bond acceptors (Lipinski definition) is 8. The van der Waals surface area contributed by atoms with Crippen molar-refractivity contribution in [1.82, 2.24) is 15.3 Å². The molecule has 0 saturated carbocycles. The van der Waals surface area contributed by atoms with E-state index in [0.29, 0.717) is 23.9 Å². The zero-order valence-electron chi connectivity index (χ0n) is 15.6. The zero-order valence-corrected chi connectivity index (χ0v) is 16.4. The summed E-state index contributed by atoms with van der Waals surface area (Å²) in [6.07, 6.45) is -2.06. The van der Waals surface area contributed by atoms with Gasteiger partial charge in [-0.15, -0.1) is 5.43 Å². The predicted octanol–water partition coefficient (Wildman–Crippen LogP) is 2.76. The Morgan fingerprint density at radius 3 is 2.54 bits per heavy atom. The van der Waals surface area contributed by atoms with Crippen molar-refractivity contribution in [3.05, 3.63) is 56.9 Å². The van der Waals surface area contributed by atoms with Gasteiger partial charge in [0.05, 0.1) is 13.2 Å². The normalized spacial score (nSPS) is 15.0. The molecule has 1 aromatic rings. The number of carbonyl (C=O) groups is 2. The van der Waals surface area contributed by atoms with Gasteiger partial charge in [0.1, 0.15) is 0 Å². The van der Waals surface area contributed by atoms with Gasteiger partial charge in [-0.2, -0.15) is 4.79 Å². The van der Waals surface area contributed by atoms with E-state index in [9.17, 15) is 19.7 Å². The van der Waals surface area contributed by atoms with Crippen LogP contribution in [0, 0.1) is 10.1 Å². The second kappa shape index (κ2) is 10.4. The average molecular weight is 410 g/mol. The van der Waals surface area contributed by atoms with Gasteiger partial charge in [0.25, 0.3) is 0 Å². The largest absolute Gasteiger partial charge is 0.532 e. The van der Waals surface area contributed by atoms with Crippen molar-refractivity contribution in [3.63, 3.8) is 0 Å². The maximum atomic E-state index is 12.3. The van der Waals surface area contributed by atoms with Crippen molar-refractivity contribution in [1.29, 1.82) is 0 Å². The first kappa shape index (κ1) is 21.4. The summed E-state index contributed by atoms with van der Waals surface area (Å²) < 4.78 is 9.63. The monoisotopic (exact) mass is 410 g/mol. The lowest BCUT2D eigenvalue weighted by molar-refractivity contribution is -0.446. The highest BCUT2D eigenvalue weighted by molar-refractivity contribution is 8.03. The SMILES string of the molecule is CCOC(=O)NN(C(=O)OCC)/C(=C1\SCCN1Cc1ccccc1)[N+](=O)[O-]. The highest BCUT2D eigenvalue weighted by Crippen LogP contribution is 2.33. The lowest BCUT2D eigenvalue weighted by atomic mass is 10.2. The quantitative estimate of drug-likeness (QED) is 0.562. The Kier molecular flexibility index (Phi) is 7.93. The van der Waals surface area contributed by atoms with Crippen LogP contribution >= 0.6 is 11.8 Å². The summed E-state index contributed by atoms with van der Waals surface area (Å²) in [5, 5.41) is 12.6. The third-order valence-electron chi connectivity index (χ3n) is 3.61. The molecule has 0 spiro atoms. The minimum atomic E-state index is -1.07. The number of benzene rings is 1. The third-order valence-corrected chi connectivity index (χ3v) is 4.71. The van der Waals surface area contributed by atoms with Crippen LogP contribution in [0.1, 0.15) is 19.4 Å². The smallest absolute Gasteiger partial charge is 0.448 e. The lowest BCUT2D eigenvalue weighted by Crippen LogP contribution is -2.48. The van der Waals surface area contributed by atoms with Gasteiger partial charge >= 0.3 is 18.0 Å². The fraction of sp³-hybridized carbons (Fsp3) is 0.412. The van der Waals surface area contributed by atoms with E-state index >= 15 is 0 Å². The van der Waals surface area contributed by atoms with Crippen LogP contribution in [0.15, 0.2) is 41.2 Å². The maximum Gasteiger partial charge on any atom is 0.532 e. The average Bonchev–Trinajstić information content (AvgIpc) is 3.10. The molecular formula is C17H22N4O6S. The second-order valence-electron chi connectivity index (χ2n) is 5.51. The van der Waals surface area contributed by atoms with Crippen LogP contribution in [-0.4, -0.2) is 52.5 Å². The van der Waals surface area contributed by atoms with Crippen LogP contribution < -0.4 is 5.43 Å². The van der Waals surface area contributed by atoms with E-state index in [-0.39, 0.29) is 18.2 Å². The minimum absolute atomic E-state index is 0.0129. The first-order chi connectivity index (χ1) is 13.5. The van der Waals surface area contributed by atoms with Gasteiger partial charge in [0.15, 0.2) is 5.03 Å². The van der Waals surface area contributed by atoms with Crippen LogP contribution in [0.5, 0.6) is 0 Å². The Balaban J connectivity index is 2.39. The van der Waals surface area contributed by atoms with Crippen molar-refractivity contribution < 1.29 is 24.0 Å². The molecule has 0 aromatic heterocycles. The molecule has 0 atom stereocenters. The number of ether oxygens (including phenoxy) is 2. The molecule has 1 heterocycles. The highest BCUT2D eigenvalue weighted by Gasteiger charge is 2.40. The summed E-state index contributed by atoms with van der Waals surface area (Å²) >= 11 is 1.23. The van der Waals surface area contributed by atoms with E-state index in [1.165, 1.54) is 11.8 Å². The fourth-order valence-electron chi connectivity index (χ4n) is 2.49. The molecule has 1 fully saturated rings. The van der Waals surface area contributed by atoms with E-state index in [0.717, 1.165) is 5.56 Å². The van der Waals surface area contributed by atoms with Crippen molar-refractivity contribution in [2.75, 3.05) is 25.5 Å². The lowest BCUT2D eigenvalue weighted by Gasteiger charge is -2.22. The number of rotatable bonds is 6. The van der Waals surface area contributed by atoms with E-state index in [4.69, 9.17) is 9.47 Å². The van der Waals surface area contributed by atoms with Gasteiger partial charge in [-0.25, -0.2) is 4.79 Å². The van der Waals surface area contributed by atoms with Crippen LogP contribution in [-0.2, 0) is 16.0 Å². The first-order valence-corrected chi connectivity index (χ1v) is 9.67. The Morgan fingerprint density at radius 2 is 1.93 bits per heavy atom. The standard InChI is InChI=1S/C17H22N4O6S/c1-3-26-16(22)18-20(17(23)27-4-2)14(21(24)25)15-19(10-11-28-15)12-13-8-6-5-7-9-13/h5-9H,3-4,10-12H2,1-2H3,(H,18,22)/b15-14+. The van der Waals surface area contributed by atoms with Gasteiger partial charge in [-0.3, -0.25) is 0 Å². The van der Waals surface area contributed by atoms with Gasteiger partial charge in [-0.1, -0.05) is 42.1 Å². The van der Waals surface area contributed by atoms with E-state index < -0.39 is 22.9 Å². The molecule has 1 saturated heterocycles. The van der Waals surface area contributed by atoms with Gasteiger partial charge in [0.2, 0.25) is 0 Å². The molecule has 0 bridgehead atoms. The third kappa shape index (κ3) is 5.52. The number of carbonyl (C=O) groups excluding carboxylic acids is 2. The molecule has 10 nitrogen and oxygen atoms in total. The van der Waals surface area contributed by atoms with E-state index in [1.54, 1.807) is 18.7 Å². The highest BCUT2D eigenvalue weighted by atomic mass is 32.2. The van der Waals surface area contributed by atoms with Gasteiger partial charge < -0.3 is 24.5 Å². The Labute approximate surface area is 166 Å². The number of nitrogens with zero attached hydrogens (tertiary/aromatic N) is 3. The molecule has 11 heteroatoms. The molecule has 0 radical (unpaired) electrons. The first-order valence-electron chi connectivity index (χ1n) is 8.68. The van der Waals surface area contributed by atoms with Gasteiger partial charge in [0, 0.05) is 18.8 Å². The molecule has 1 aliphatic rings. The van der Waals surface area contributed by atoms with Crippen molar-refractivity contribution in [3.8, 4) is 0 Å². The second-order valence-corrected chi connectivity index (χ2v) is 6.59. The van der Waals surface area contributed by atoms with Crippen molar-refractivity contribution in [2.45, 2.75) is 20.4 Å². The molecule has 1 aliphatic heterocycles. The predicted molar refractivity (Wildman–Crippen MR) is 102 cm³/mol. The summed E-state index contributed by atoms with van der Waals surface area (Å²) in [5.41, 5.74) is 3.07. The van der Waals surface area contributed by atoms with Crippen LogP contribution in [0.4, 0.5) is 9.59 Å². The number of thioether (sulfide) groups is 1. The number of nitrogens with one attached hydrogen (secondary N) is 1.